The molecule has 4 rings (SSSR count). The zero-order chi connectivity index (χ0) is 19.5. The van der Waals surface area contributed by atoms with Crippen LogP contribution in [0.5, 0.6) is 5.88 Å². The van der Waals surface area contributed by atoms with Crippen molar-refractivity contribution in [3.05, 3.63) is 59.8 Å². The summed E-state index contributed by atoms with van der Waals surface area (Å²) in [6.07, 6.45) is 2.88. The van der Waals surface area contributed by atoms with Gasteiger partial charge in [0.25, 0.3) is 0 Å². The number of pyridine rings is 1. The number of aromatic nitrogens is 1. The molecule has 2 aliphatic rings. The van der Waals surface area contributed by atoms with Crippen LogP contribution in [0.3, 0.4) is 0 Å². The monoisotopic (exact) mass is 380 g/mol. The molecule has 146 valence electrons. The van der Waals surface area contributed by atoms with Gasteiger partial charge in [-0.3, -0.25) is 4.79 Å². The molecule has 2 saturated heterocycles. The third kappa shape index (κ3) is 3.72. The van der Waals surface area contributed by atoms with Crippen molar-refractivity contribution in [2.24, 2.45) is 5.92 Å². The van der Waals surface area contributed by atoms with Crippen molar-refractivity contribution in [2.75, 3.05) is 7.11 Å². The highest BCUT2D eigenvalue weighted by Gasteiger charge is 2.46. The van der Waals surface area contributed by atoms with Crippen LogP contribution in [0, 0.1) is 5.92 Å². The molecule has 0 aliphatic carbocycles. The molecule has 2 aromatic rings. The topological polar surface area (TPSA) is 68.7 Å². The van der Waals surface area contributed by atoms with Crippen LogP contribution in [0.2, 0.25) is 0 Å². The average molecular weight is 380 g/mol. The molecule has 0 radical (unpaired) electrons. The lowest BCUT2D eigenvalue weighted by atomic mass is 9.86. The van der Waals surface area contributed by atoms with Crippen LogP contribution in [0.1, 0.15) is 41.7 Å². The predicted octanol–water partition coefficient (Wildman–Crippen LogP) is 3.85. The lowest BCUT2D eigenvalue weighted by Gasteiger charge is -2.37. The van der Waals surface area contributed by atoms with Gasteiger partial charge in [0.15, 0.2) is 5.78 Å². The van der Waals surface area contributed by atoms with Crippen molar-refractivity contribution < 1.29 is 19.1 Å². The highest BCUT2D eigenvalue weighted by Crippen LogP contribution is 2.40. The highest BCUT2D eigenvalue weighted by atomic mass is 16.6. The number of nitrogens with zero attached hydrogens (tertiary/aromatic N) is 2. The van der Waals surface area contributed by atoms with Crippen LogP contribution in [-0.2, 0) is 11.3 Å². The van der Waals surface area contributed by atoms with Gasteiger partial charge in [-0.25, -0.2) is 9.78 Å². The first-order valence-electron chi connectivity index (χ1n) is 9.70. The van der Waals surface area contributed by atoms with Crippen LogP contribution in [0.15, 0.2) is 48.5 Å². The van der Waals surface area contributed by atoms with Crippen LogP contribution < -0.4 is 4.74 Å². The fourth-order valence-electron chi connectivity index (χ4n) is 4.36. The second-order valence-corrected chi connectivity index (χ2v) is 7.43. The molecule has 0 N–H and O–H groups in total. The zero-order valence-electron chi connectivity index (χ0n) is 15.9. The van der Waals surface area contributed by atoms with Gasteiger partial charge in [0.05, 0.1) is 7.11 Å². The molecule has 6 nitrogen and oxygen atoms in total. The predicted molar refractivity (Wildman–Crippen MR) is 103 cm³/mol. The summed E-state index contributed by atoms with van der Waals surface area (Å²) in [7, 11) is 1.54. The number of carbonyl (C=O) groups excluding carboxylic acids is 2. The molecule has 1 aromatic carbocycles. The summed E-state index contributed by atoms with van der Waals surface area (Å²) < 4.78 is 10.7. The van der Waals surface area contributed by atoms with Crippen LogP contribution in [0.4, 0.5) is 4.79 Å². The fraction of sp³-hybridized carbons (Fsp3) is 0.409. The number of methoxy groups -OCH3 is 1. The smallest absolute Gasteiger partial charge is 0.410 e. The van der Waals surface area contributed by atoms with Crippen molar-refractivity contribution >= 4 is 11.9 Å². The minimum atomic E-state index is -0.276. The zero-order valence-corrected chi connectivity index (χ0v) is 15.9. The molecular formula is C22H24N2O4. The van der Waals surface area contributed by atoms with Gasteiger partial charge in [0.2, 0.25) is 5.88 Å². The number of piperidine rings is 1. The molecule has 2 aliphatic heterocycles. The third-order valence-electron chi connectivity index (χ3n) is 5.70. The van der Waals surface area contributed by atoms with Crippen LogP contribution in [0.25, 0.3) is 0 Å². The number of fused-ring (bicyclic) bond motifs is 2. The maximum atomic E-state index is 12.9. The summed E-state index contributed by atoms with van der Waals surface area (Å²) in [6.45, 7) is 0.270. The van der Waals surface area contributed by atoms with E-state index in [-0.39, 0.29) is 36.5 Å². The van der Waals surface area contributed by atoms with Gasteiger partial charge in [-0.05, 0) is 37.3 Å². The maximum absolute atomic E-state index is 12.9. The Bertz CT molecular complexity index is 841. The van der Waals surface area contributed by atoms with Crippen molar-refractivity contribution in [2.45, 2.75) is 44.4 Å². The molecule has 2 unspecified atom stereocenters. The molecule has 2 bridgehead atoms. The van der Waals surface area contributed by atoms with Gasteiger partial charge in [-0.1, -0.05) is 36.4 Å². The van der Waals surface area contributed by atoms with E-state index < -0.39 is 0 Å². The summed E-state index contributed by atoms with van der Waals surface area (Å²) in [5.74, 6) is 0.360. The van der Waals surface area contributed by atoms with Crippen LogP contribution in [-0.4, -0.2) is 41.0 Å². The lowest BCUT2D eigenvalue weighted by molar-refractivity contribution is 0.0483. The van der Waals surface area contributed by atoms with Crippen molar-refractivity contribution in [1.29, 1.82) is 0 Å². The van der Waals surface area contributed by atoms with Gasteiger partial charge < -0.3 is 14.4 Å². The summed E-state index contributed by atoms with van der Waals surface area (Å²) in [4.78, 5) is 31.7. The summed E-state index contributed by atoms with van der Waals surface area (Å²) in [5.41, 5.74) is 1.40. The van der Waals surface area contributed by atoms with E-state index in [0.29, 0.717) is 24.4 Å². The van der Waals surface area contributed by atoms with Gasteiger partial charge in [0, 0.05) is 24.1 Å². The van der Waals surface area contributed by atoms with E-state index >= 15 is 0 Å². The Morgan fingerprint density at radius 2 is 1.75 bits per heavy atom. The van der Waals surface area contributed by atoms with Crippen molar-refractivity contribution in [3.8, 4) is 5.88 Å². The second-order valence-electron chi connectivity index (χ2n) is 7.43. The van der Waals surface area contributed by atoms with Gasteiger partial charge in [0.1, 0.15) is 12.3 Å². The Morgan fingerprint density at radius 3 is 2.43 bits per heavy atom. The maximum Gasteiger partial charge on any atom is 0.410 e. The first-order chi connectivity index (χ1) is 13.7. The molecule has 1 amide bonds. The minimum Gasteiger partial charge on any atom is -0.481 e. The van der Waals surface area contributed by atoms with E-state index in [1.807, 2.05) is 35.2 Å². The van der Waals surface area contributed by atoms with Crippen molar-refractivity contribution in [1.82, 2.24) is 9.88 Å². The van der Waals surface area contributed by atoms with Crippen LogP contribution >= 0.6 is 0 Å². The number of hydrogen-bond donors (Lipinski definition) is 0. The first kappa shape index (κ1) is 18.5. The number of rotatable bonds is 5. The summed E-state index contributed by atoms with van der Waals surface area (Å²) in [6, 6.07) is 15.0. The van der Waals surface area contributed by atoms with E-state index in [1.54, 1.807) is 18.2 Å². The van der Waals surface area contributed by atoms with E-state index in [2.05, 4.69) is 4.98 Å². The Morgan fingerprint density at radius 1 is 1.04 bits per heavy atom. The molecule has 2 atom stereocenters. The summed E-state index contributed by atoms with van der Waals surface area (Å²) >= 11 is 0. The molecule has 6 heteroatoms. The standard InChI is InChI=1S/C22H24N2O4/c1-27-20-9-5-8-19(23-20)21(25)16-12-17-10-11-18(13-16)24(17)22(26)28-14-15-6-3-2-4-7-15/h2-9,16-18H,10-14H2,1H3. The quantitative estimate of drug-likeness (QED) is 0.737. The largest absolute Gasteiger partial charge is 0.481 e. The Kier molecular flexibility index (Phi) is 5.28. The Hall–Kier alpha value is -2.89. The Balaban J connectivity index is 1.40. The van der Waals surface area contributed by atoms with Crippen molar-refractivity contribution in [3.63, 3.8) is 0 Å². The average Bonchev–Trinajstić information content (AvgIpc) is 3.01. The minimum absolute atomic E-state index is 0.0353. The first-order valence-corrected chi connectivity index (χ1v) is 9.70. The number of carbonyl (C=O) groups is 2. The van der Waals surface area contributed by atoms with E-state index in [1.165, 1.54) is 7.11 Å². The SMILES string of the molecule is COc1cccc(C(=O)C2CC3CCC(C2)N3C(=O)OCc2ccccc2)n1. The molecule has 28 heavy (non-hydrogen) atoms. The van der Waals surface area contributed by atoms with E-state index in [0.717, 1.165) is 18.4 Å². The van der Waals surface area contributed by atoms with E-state index in [4.69, 9.17) is 9.47 Å². The summed E-state index contributed by atoms with van der Waals surface area (Å²) in [5, 5.41) is 0. The molecule has 3 heterocycles. The number of ketones is 1. The number of benzene rings is 1. The number of hydrogen-bond acceptors (Lipinski definition) is 5. The molecule has 0 spiro atoms. The number of ether oxygens (including phenoxy) is 2. The second kappa shape index (κ2) is 8.00. The van der Waals surface area contributed by atoms with E-state index in [9.17, 15) is 9.59 Å². The molecule has 2 fully saturated rings. The lowest BCUT2D eigenvalue weighted by Crippen LogP contribution is -2.48. The normalized spacial score (nSPS) is 23.3. The molecular weight excluding hydrogens is 356 g/mol. The molecule has 0 saturated carbocycles. The number of Topliss-reactive ketones (excluding diaryl/α,β-unsaturated/α-hetero) is 1. The van der Waals surface area contributed by atoms with Gasteiger partial charge >= 0.3 is 6.09 Å². The fourth-order valence-corrected chi connectivity index (χ4v) is 4.36. The number of amides is 1. The van der Waals surface area contributed by atoms with Gasteiger partial charge in [-0.15, -0.1) is 0 Å². The third-order valence-corrected chi connectivity index (χ3v) is 5.70. The molecule has 1 aromatic heterocycles. The Labute approximate surface area is 164 Å². The highest BCUT2D eigenvalue weighted by molar-refractivity contribution is 5.96. The van der Waals surface area contributed by atoms with Gasteiger partial charge in [-0.2, -0.15) is 0 Å².